The number of Topliss-reactive ketones (excluding diaryl/α,β-unsaturated/α-hetero) is 1. The molecular formula is C20H22N4O2S. The summed E-state index contributed by atoms with van der Waals surface area (Å²) in [7, 11) is 1.63. The Hall–Kier alpha value is -2.67. The van der Waals surface area contributed by atoms with Crippen LogP contribution in [-0.4, -0.2) is 22.9 Å². The van der Waals surface area contributed by atoms with Crippen molar-refractivity contribution >= 4 is 29.6 Å². The number of para-hydroxylation sites is 1. The standard InChI is InChI=1S/C20H22N4O2S/c1-20(2)8-11-15(12(25)9-20)14(10-6-4-5-7-13(10)26-3)16-17(21)23-19(27)24-18(16)22-11/h4-7,14H,8-9H2,1-3H3,(H4,21,22,23,24,27). The SMILES string of the molecule is COc1ccccc1C1C2=C(CC(C)(C)CC2=O)Nc2nc(=S)[nH]c(N)c21. The maximum Gasteiger partial charge on any atom is 0.200 e. The van der Waals surface area contributed by atoms with E-state index in [1.165, 1.54) is 0 Å². The van der Waals surface area contributed by atoms with Crippen LogP contribution >= 0.6 is 12.2 Å². The summed E-state index contributed by atoms with van der Waals surface area (Å²) in [4.78, 5) is 20.6. The summed E-state index contributed by atoms with van der Waals surface area (Å²) in [6.07, 6.45) is 1.25. The van der Waals surface area contributed by atoms with E-state index in [2.05, 4.69) is 29.1 Å². The van der Waals surface area contributed by atoms with Gasteiger partial charge in [0.05, 0.1) is 13.0 Å². The highest BCUT2D eigenvalue weighted by molar-refractivity contribution is 7.71. The molecule has 0 radical (unpaired) electrons. The highest BCUT2D eigenvalue weighted by atomic mass is 32.1. The Labute approximate surface area is 162 Å². The summed E-state index contributed by atoms with van der Waals surface area (Å²) in [6.45, 7) is 4.20. The fraction of sp³-hybridized carbons (Fsp3) is 0.350. The molecule has 1 aliphatic heterocycles. The molecule has 1 unspecified atom stereocenters. The number of nitrogens with two attached hydrogens (primary N) is 1. The monoisotopic (exact) mass is 382 g/mol. The van der Waals surface area contributed by atoms with E-state index in [4.69, 9.17) is 22.7 Å². The largest absolute Gasteiger partial charge is 0.496 e. The Kier molecular flexibility index (Phi) is 4.07. The highest BCUT2D eigenvalue weighted by Gasteiger charge is 2.42. The Morgan fingerprint density at radius 2 is 2.04 bits per heavy atom. The van der Waals surface area contributed by atoms with Gasteiger partial charge in [-0.05, 0) is 30.1 Å². The first-order valence-electron chi connectivity index (χ1n) is 8.86. The molecule has 2 aromatic rings. The Morgan fingerprint density at radius 3 is 2.78 bits per heavy atom. The number of benzene rings is 1. The lowest BCUT2D eigenvalue weighted by Crippen LogP contribution is -2.34. The third-order valence-electron chi connectivity index (χ3n) is 5.22. The van der Waals surface area contributed by atoms with Crippen LogP contribution in [0.5, 0.6) is 5.75 Å². The van der Waals surface area contributed by atoms with Gasteiger partial charge in [-0.2, -0.15) is 0 Å². The smallest absolute Gasteiger partial charge is 0.200 e. The van der Waals surface area contributed by atoms with Gasteiger partial charge < -0.3 is 20.8 Å². The molecule has 0 fully saturated rings. The van der Waals surface area contributed by atoms with Crippen LogP contribution in [0.3, 0.4) is 0 Å². The fourth-order valence-corrected chi connectivity index (χ4v) is 4.37. The molecule has 1 atom stereocenters. The minimum Gasteiger partial charge on any atom is -0.496 e. The first-order chi connectivity index (χ1) is 12.8. The lowest BCUT2D eigenvalue weighted by molar-refractivity contribution is -0.118. The number of anilines is 2. The Bertz CT molecular complexity index is 1040. The number of H-pyrrole nitrogens is 1. The van der Waals surface area contributed by atoms with Crippen molar-refractivity contribution in [2.75, 3.05) is 18.2 Å². The van der Waals surface area contributed by atoms with Gasteiger partial charge in [-0.1, -0.05) is 32.0 Å². The number of aromatic nitrogens is 2. The van der Waals surface area contributed by atoms with Crippen molar-refractivity contribution in [1.29, 1.82) is 0 Å². The molecule has 1 aliphatic carbocycles. The predicted molar refractivity (Wildman–Crippen MR) is 107 cm³/mol. The topological polar surface area (TPSA) is 93.0 Å². The van der Waals surface area contributed by atoms with E-state index < -0.39 is 0 Å². The van der Waals surface area contributed by atoms with Crippen LogP contribution in [0, 0.1) is 10.2 Å². The van der Waals surface area contributed by atoms with Crippen molar-refractivity contribution in [3.05, 3.63) is 51.4 Å². The number of hydrogen-bond acceptors (Lipinski definition) is 6. The highest BCUT2D eigenvalue weighted by Crippen LogP contribution is 2.51. The first-order valence-corrected chi connectivity index (χ1v) is 9.27. The van der Waals surface area contributed by atoms with E-state index in [1.54, 1.807) is 7.11 Å². The molecule has 0 saturated heterocycles. The minimum absolute atomic E-state index is 0.116. The molecule has 2 heterocycles. The predicted octanol–water partition coefficient (Wildman–Crippen LogP) is 3.93. The van der Waals surface area contributed by atoms with Crippen LogP contribution in [0.4, 0.5) is 11.6 Å². The van der Waals surface area contributed by atoms with E-state index >= 15 is 0 Å². The number of methoxy groups -OCH3 is 1. The molecule has 4 rings (SSSR count). The van der Waals surface area contributed by atoms with Crippen molar-refractivity contribution in [2.45, 2.75) is 32.6 Å². The fourth-order valence-electron chi connectivity index (χ4n) is 4.17. The maximum atomic E-state index is 13.2. The molecule has 0 bridgehead atoms. The van der Waals surface area contributed by atoms with Crippen LogP contribution in [0.15, 0.2) is 35.5 Å². The molecule has 0 amide bonds. The van der Waals surface area contributed by atoms with Crippen molar-refractivity contribution in [1.82, 2.24) is 9.97 Å². The molecule has 1 aromatic heterocycles. The van der Waals surface area contributed by atoms with Crippen LogP contribution in [0.2, 0.25) is 0 Å². The molecule has 140 valence electrons. The number of fused-ring (bicyclic) bond motifs is 1. The molecule has 6 nitrogen and oxygen atoms in total. The van der Waals surface area contributed by atoms with Crippen molar-refractivity contribution in [3.8, 4) is 5.75 Å². The third kappa shape index (κ3) is 2.92. The number of ether oxygens (including phenoxy) is 1. The van der Waals surface area contributed by atoms with Gasteiger partial charge in [0.25, 0.3) is 0 Å². The van der Waals surface area contributed by atoms with Crippen LogP contribution in [0.25, 0.3) is 0 Å². The summed E-state index contributed by atoms with van der Waals surface area (Å²) in [6, 6.07) is 7.71. The van der Waals surface area contributed by atoms with Gasteiger partial charge in [0.15, 0.2) is 10.6 Å². The molecule has 0 spiro atoms. The van der Waals surface area contributed by atoms with E-state index in [1.807, 2.05) is 24.3 Å². The lowest BCUT2D eigenvalue weighted by atomic mass is 9.69. The minimum atomic E-state index is -0.352. The van der Waals surface area contributed by atoms with E-state index in [0.717, 1.165) is 28.8 Å². The summed E-state index contributed by atoms with van der Waals surface area (Å²) >= 11 is 5.21. The number of allylic oxidation sites excluding steroid dienone is 2. The van der Waals surface area contributed by atoms with Gasteiger partial charge in [-0.3, -0.25) is 4.79 Å². The van der Waals surface area contributed by atoms with Gasteiger partial charge >= 0.3 is 0 Å². The number of nitrogens with one attached hydrogen (secondary N) is 2. The molecule has 1 aromatic carbocycles. The van der Waals surface area contributed by atoms with Gasteiger partial charge in [0, 0.05) is 28.8 Å². The van der Waals surface area contributed by atoms with Crippen LogP contribution in [0.1, 0.15) is 43.7 Å². The second kappa shape index (κ2) is 6.20. The number of aromatic amines is 1. The Morgan fingerprint density at radius 1 is 1.30 bits per heavy atom. The molecule has 7 heteroatoms. The second-order valence-corrected chi connectivity index (χ2v) is 8.24. The zero-order valence-electron chi connectivity index (χ0n) is 15.6. The number of hydrogen-bond donors (Lipinski definition) is 3. The second-order valence-electron chi connectivity index (χ2n) is 7.85. The zero-order chi connectivity index (χ0) is 19.3. The zero-order valence-corrected chi connectivity index (χ0v) is 16.4. The molecule has 0 saturated carbocycles. The summed E-state index contributed by atoms with van der Waals surface area (Å²) < 4.78 is 5.90. The first kappa shape index (κ1) is 17.7. The van der Waals surface area contributed by atoms with Gasteiger partial charge in [0.1, 0.15) is 17.4 Å². The van der Waals surface area contributed by atoms with Crippen molar-refractivity contribution < 1.29 is 9.53 Å². The summed E-state index contributed by atoms with van der Waals surface area (Å²) in [5.41, 5.74) is 9.45. The van der Waals surface area contributed by atoms with Crippen LogP contribution in [-0.2, 0) is 4.79 Å². The van der Waals surface area contributed by atoms with E-state index in [0.29, 0.717) is 28.6 Å². The quantitative estimate of drug-likeness (QED) is 0.682. The number of carbonyl (C=O) groups excluding carboxylic acids is 1. The normalized spacial score (nSPS) is 20.6. The average Bonchev–Trinajstić information content (AvgIpc) is 2.58. The van der Waals surface area contributed by atoms with Gasteiger partial charge in [0.2, 0.25) is 0 Å². The lowest BCUT2D eigenvalue weighted by Gasteiger charge is -2.39. The molecule has 4 N–H and O–H groups in total. The van der Waals surface area contributed by atoms with Crippen LogP contribution < -0.4 is 15.8 Å². The average molecular weight is 382 g/mol. The Balaban J connectivity index is 2.02. The molecule has 27 heavy (non-hydrogen) atoms. The van der Waals surface area contributed by atoms with E-state index in [-0.39, 0.29) is 17.1 Å². The summed E-state index contributed by atoms with van der Waals surface area (Å²) in [5, 5.41) is 3.34. The third-order valence-corrected chi connectivity index (χ3v) is 5.41. The number of nitrogen functional groups attached to an aromatic ring is 1. The van der Waals surface area contributed by atoms with Crippen molar-refractivity contribution in [2.24, 2.45) is 5.41 Å². The van der Waals surface area contributed by atoms with Crippen molar-refractivity contribution in [3.63, 3.8) is 0 Å². The summed E-state index contributed by atoms with van der Waals surface area (Å²) in [5.74, 6) is 1.50. The van der Waals surface area contributed by atoms with E-state index in [9.17, 15) is 4.79 Å². The maximum absolute atomic E-state index is 13.2. The number of carbonyl (C=O) groups is 1. The molecule has 2 aliphatic rings. The number of ketones is 1. The van der Waals surface area contributed by atoms with Gasteiger partial charge in [-0.15, -0.1) is 0 Å². The number of rotatable bonds is 2. The number of nitrogens with zero attached hydrogens (tertiary/aromatic N) is 1. The van der Waals surface area contributed by atoms with Gasteiger partial charge in [-0.25, -0.2) is 4.98 Å². The molecular weight excluding hydrogens is 360 g/mol.